The quantitative estimate of drug-likeness (QED) is 0.176. The molecule has 31 rings (SSSR count). The molecule has 0 unspecified atom stereocenters. The number of hydrogen-bond donors (Lipinski definition) is 0. The van der Waals surface area contributed by atoms with Crippen molar-refractivity contribution in [3.05, 3.63) is 388 Å². The first-order chi connectivity index (χ1) is 61.1. The highest BCUT2D eigenvalue weighted by Gasteiger charge is 2.29. The lowest BCUT2D eigenvalue weighted by Gasteiger charge is -2.11. The minimum atomic E-state index is 0.910. The van der Waals surface area contributed by atoms with Gasteiger partial charge in [0.15, 0.2) is 0 Å². The first kappa shape index (κ1) is 65.8. The summed E-state index contributed by atoms with van der Waals surface area (Å²) in [5.74, 6) is 0. The molecule has 0 amide bonds. The van der Waals surface area contributed by atoms with Gasteiger partial charge in [-0.1, -0.05) is 249 Å². The normalized spacial score (nSPS) is 12.6. The minimum Gasteiger partial charge on any atom is -0.456 e. The van der Waals surface area contributed by atoms with Crippen LogP contribution in [0.2, 0.25) is 0 Å². The molecule has 0 aliphatic heterocycles. The molecule has 9 heteroatoms. The number of nitrogens with zero attached hydrogens (tertiary/aromatic N) is 6. The molecule has 12 aromatic heterocycles. The van der Waals surface area contributed by atoms with Crippen LogP contribution in [0, 0.1) is 0 Å². The molecule has 568 valence electrons. The van der Waals surface area contributed by atoms with Crippen LogP contribution < -0.4 is 0 Å². The minimum absolute atomic E-state index is 0.910. The van der Waals surface area contributed by atoms with Gasteiger partial charge in [-0.15, -0.1) is 11.3 Å². The summed E-state index contributed by atoms with van der Waals surface area (Å²) >= 11 is 1.89. The third-order valence-electron chi connectivity index (χ3n) is 27.2. The second-order valence-corrected chi connectivity index (χ2v) is 34.2. The highest BCUT2D eigenvalue weighted by Crippen LogP contribution is 2.51. The van der Waals surface area contributed by atoms with Gasteiger partial charge in [0, 0.05) is 146 Å². The van der Waals surface area contributed by atoms with Gasteiger partial charge < -0.3 is 35.7 Å². The van der Waals surface area contributed by atoms with Crippen molar-refractivity contribution in [2.75, 3.05) is 0 Å². The molecule has 19 aromatic carbocycles. The number of rotatable bonds is 4. The molecule has 0 radical (unpaired) electrons. The van der Waals surface area contributed by atoms with Crippen molar-refractivity contribution in [2.24, 2.45) is 0 Å². The van der Waals surface area contributed by atoms with E-state index in [0.717, 1.165) is 55.3 Å². The van der Waals surface area contributed by atoms with Crippen LogP contribution in [0.15, 0.2) is 397 Å². The maximum atomic E-state index is 6.31. The van der Waals surface area contributed by atoms with E-state index < -0.39 is 0 Å². The van der Waals surface area contributed by atoms with E-state index in [2.05, 4.69) is 391 Å². The summed E-state index contributed by atoms with van der Waals surface area (Å²) in [5, 5.41) is 30.5. The van der Waals surface area contributed by atoms with Gasteiger partial charge in [0.05, 0.1) is 82.8 Å². The van der Waals surface area contributed by atoms with Crippen molar-refractivity contribution in [3.8, 4) is 28.2 Å². The molecule has 12 heterocycles. The van der Waals surface area contributed by atoms with Crippen molar-refractivity contribution < 1.29 is 8.83 Å². The highest BCUT2D eigenvalue weighted by atomic mass is 32.1. The lowest BCUT2D eigenvalue weighted by molar-refractivity contribution is 0.668. The van der Waals surface area contributed by atoms with Crippen molar-refractivity contribution >= 4 is 255 Å². The monoisotopic (exact) mass is 1580 g/mol. The number of furan rings is 2. The first-order valence-electron chi connectivity index (χ1n) is 42.2. The van der Waals surface area contributed by atoms with E-state index in [1.54, 1.807) is 0 Å². The molecule has 0 N–H and O–H groups in total. The Morgan fingerprint density at radius 2 is 0.488 bits per heavy atom. The largest absolute Gasteiger partial charge is 0.456 e. The van der Waals surface area contributed by atoms with Gasteiger partial charge in [-0.05, 0) is 161 Å². The summed E-state index contributed by atoms with van der Waals surface area (Å²) in [4.78, 5) is 0. The summed E-state index contributed by atoms with van der Waals surface area (Å²) in [6.07, 6.45) is 0. The van der Waals surface area contributed by atoms with Crippen LogP contribution in [0.5, 0.6) is 0 Å². The molecule has 0 aliphatic rings. The van der Waals surface area contributed by atoms with Gasteiger partial charge in [-0.2, -0.15) is 0 Å². The van der Waals surface area contributed by atoms with Crippen molar-refractivity contribution in [1.82, 2.24) is 26.9 Å². The van der Waals surface area contributed by atoms with Crippen LogP contribution in [0.25, 0.3) is 272 Å². The molecular formula is C114H64N6O2S. The molecule has 31 aromatic rings. The first-order valence-corrected chi connectivity index (χ1v) is 43.0. The standard InChI is InChI=1S/C42H24N2S.2C36H20N2O/c1-4-15-34-28(9-1)31-13-8-17-36-39(31)40-37(24-23-32-29-10-2-5-16-35(29)44(34)41(32)40)43(36)26-21-19-25(20-22-26)27-12-7-14-33-30-11-3-6-18-38(30)45-42(27)33;1-4-12-28-22(8-1)25-11-7-14-30-34(25)35-31(18-17-26-23-9-2-5-13-29(23)38(28)36(26)35)37(30)21-16-19-33-27(20-21)24-10-3-6-15-32(24)39-33;1-4-12-28-22(8-1)26-11-7-14-30-34(26)35-31(19-18-27-23-9-2-5-13-29(23)38(28)36(27)35)37(30)21-16-17-25-24-10-3-6-15-32(24)39-33(25)20-21/h1-24H;2*1-20H. The zero-order valence-corrected chi connectivity index (χ0v) is 66.7. The average Bonchev–Trinajstić information content (AvgIpc) is 1.53. The lowest BCUT2D eigenvalue weighted by atomic mass is 10.0. The van der Waals surface area contributed by atoms with E-state index in [1.807, 2.05) is 35.6 Å². The lowest BCUT2D eigenvalue weighted by Crippen LogP contribution is -1.94. The number of thiophene rings is 1. The van der Waals surface area contributed by atoms with Crippen molar-refractivity contribution in [2.45, 2.75) is 0 Å². The van der Waals surface area contributed by atoms with Gasteiger partial charge >= 0.3 is 0 Å². The fourth-order valence-corrected chi connectivity index (χ4v) is 23.5. The van der Waals surface area contributed by atoms with Gasteiger partial charge in [0.2, 0.25) is 0 Å². The Morgan fingerprint density at radius 1 is 0.179 bits per heavy atom. The van der Waals surface area contributed by atoms with Crippen LogP contribution in [0.3, 0.4) is 0 Å². The number of benzene rings is 19. The third kappa shape index (κ3) is 8.71. The van der Waals surface area contributed by atoms with Crippen LogP contribution in [0.1, 0.15) is 0 Å². The van der Waals surface area contributed by atoms with Gasteiger partial charge in [0.1, 0.15) is 22.3 Å². The van der Waals surface area contributed by atoms with Crippen LogP contribution in [-0.4, -0.2) is 26.9 Å². The topological polar surface area (TPSA) is 54.3 Å². The smallest absolute Gasteiger partial charge is 0.137 e. The molecular weight excluding hydrogens is 1520 g/mol. The molecule has 0 bridgehead atoms. The maximum absolute atomic E-state index is 6.31. The van der Waals surface area contributed by atoms with E-state index in [0.29, 0.717) is 0 Å². The van der Waals surface area contributed by atoms with E-state index in [1.165, 1.54) is 217 Å². The predicted octanol–water partition coefficient (Wildman–Crippen LogP) is 31.6. The molecule has 8 nitrogen and oxygen atoms in total. The van der Waals surface area contributed by atoms with Gasteiger partial charge in [0.25, 0.3) is 0 Å². The Morgan fingerprint density at radius 3 is 0.959 bits per heavy atom. The number of hydrogen-bond acceptors (Lipinski definition) is 3. The van der Waals surface area contributed by atoms with Crippen LogP contribution in [0.4, 0.5) is 0 Å². The Kier molecular flexibility index (Phi) is 13.0. The number of fused-ring (bicyclic) bond motifs is 27. The molecule has 0 fully saturated rings. The van der Waals surface area contributed by atoms with Crippen LogP contribution in [-0.2, 0) is 0 Å². The van der Waals surface area contributed by atoms with Crippen molar-refractivity contribution in [1.29, 1.82) is 0 Å². The van der Waals surface area contributed by atoms with E-state index in [4.69, 9.17) is 8.83 Å². The summed E-state index contributed by atoms with van der Waals surface area (Å²) in [7, 11) is 0. The zero-order valence-electron chi connectivity index (χ0n) is 65.9. The fourth-order valence-electron chi connectivity index (χ4n) is 22.2. The fraction of sp³-hybridized carbons (Fsp3) is 0. The van der Waals surface area contributed by atoms with Gasteiger partial charge in [-0.3, -0.25) is 0 Å². The predicted molar refractivity (Wildman–Crippen MR) is 519 cm³/mol. The summed E-state index contributed by atoms with van der Waals surface area (Å²) in [6.45, 7) is 0. The molecule has 0 atom stereocenters. The Labute approximate surface area is 702 Å². The second kappa shape index (κ2) is 24.3. The van der Waals surface area contributed by atoms with Gasteiger partial charge in [-0.25, -0.2) is 0 Å². The van der Waals surface area contributed by atoms with E-state index in [9.17, 15) is 0 Å². The highest BCUT2D eigenvalue weighted by molar-refractivity contribution is 7.26. The zero-order chi connectivity index (χ0) is 79.7. The number of aromatic nitrogens is 6. The van der Waals surface area contributed by atoms with E-state index >= 15 is 0 Å². The van der Waals surface area contributed by atoms with E-state index in [-0.39, 0.29) is 0 Å². The molecule has 0 aliphatic carbocycles. The summed E-state index contributed by atoms with van der Waals surface area (Å²) in [6, 6.07) is 142. The molecule has 123 heavy (non-hydrogen) atoms. The maximum Gasteiger partial charge on any atom is 0.137 e. The second-order valence-electron chi connectivity index (χ2n) is 33.2. The summed E-state index contributed by atoms with van der Waals surface area (Å²) in [5.41, 5.74) is 28.3. The third-order valence-corrected chi connectivity index (χ3v) is 28.4. The Hall–Kier alpha value is -16.2. The Balaban J connectivity index is 0.0000000930. The molecule has 0 saturated carbocycles. The van der Waals surface area contributed by atoms with Crippen LogP contribution >= 0.6 is 11.3 Å². The summed E-state index contributed by atoms with van der Waals surface area (Å²) < 4.78 is 29.9. The molecule has 0 saturated heterocycles. The van der Waals surface area contributed by atoms with Crippen molar-refractivity contribution in [3.63, 3.8) is 0 Å². The average molecular weight is 1580 g/mol. The molecule has 0 spiro atoms. The number of para-hydroxylation sites is 8. The SMILES string of the molecule is c1ccc2c(c1)oc1cc(-n3c4cccc5c6ccccc6n6c7ccccc7c7ccc3c(c54)c76)ccc12.c1ccc2c(c1)oc1ccc(-n3c4cccc5c6ccccc6n6c7ccccc7c7ccc3c(c54)c76)cc12.c1ccc2c(c1)sc1c(-c3ccc(-n4c5cccc6c7ccccc7n7c8ccccc8c8ccc4c(c65)c87)cc3)cccc12. The Bertz CT molecular complexity index is 10000.